The predicted octanol–water partition coefficient (Wildman–Crippen LogP) is 0.830. The number of hydrogen-bond acceptors (Lipinski definition) is 3. The Morgan fingerprint density at radius 2 is 2.08 bits per heavy atom. The van der Waals surface area contributed by atoms with Gasteiger partial charge in [0.05, 0.1) is 11.5 Å². The molecule has 1 atom stereocenters. The molecule has 3 nitrogen and oxygen atoms in total. The van der Waals surface area contributed by atoms with Crippen molar-refractivity contribution in [1.29, 1.82) is 0 Å². The highest BCUT2D eigenvalue weighted by Gasteiger charge is 2.37. The van der Waals surface area contributed by atoms with Crippen molar-refractivity contribution < 1.29 is 13.5 Å². The normalized spacial score (nSPS) is 23.8. The summed E-state index contributed by atoms with van der Waals surface area (Å²) in [5.74, 6) is 1.60. The van der Waals surface area contributed by atoms with Gasteiger partial charge in [-0.15, -0.1) is 0 Å². The quantitative estimate of drug-likeness (QED) is 0.725. The average Bonchev–Trinajstić information content (AvgIpc) is 2.02. The number of aliphatic hydroxyl groups is 1. The van der Waals surface area contributed by atoms with Crippen LogP contribution in [-0.2, 0) is 9.84 Å². The molecule has 0 amide bonds. The van der Waals surface area contributed by atoms with Gasteiger partial charge in [-0.3, -0.25) is 0 Å². The molecule has 0 bridgehead atoms. The number of rotatable bonds is 5. The lowest BCUT2D eigenvalue weighted by molar-refractivity contribution is 0.249. The van der Waals surface area contributed by atoms with Crippen LogP contribution in [0.5, 0.6) is 0 Å². The van der Waals surface area contributed by atoms with Crippen LogP contribution in [0.4, 0.5) is 0 Å². The Kier molecular flexibility index (Phi) is 3.74. The van der Waals surface area contributed by atoms with E-state index in [2.05, 4.69) is 6.92 Å². The molecule has 0 aromatic heterocycles. The lowest BCUT2D eigenvalue weighted by Crippen LogP contribution is -2.41. The van der Waals surface area contributed by atoms with Gasteiger partial charge in [0, 0.05) is 6.61 Å². The third-order valence-electron chi connectivity index (χ3n) is 2.86. The van der Waals surface area contributed by atoms with Crippen LogP contribution < -0.4 is 0 Å². The molecule has 1 unspecified atom stereocenters. The Balaban J connectivity index is 2.33. The summed E-state index contributed by atoms with van der Waals surface area (Å²) in [6.07, 6.45) is 2.79. The zero-order valence-electron chi connectivity index (χ0n) is 8.07. The summed E-state index contributed by atoms with van der Waals surface area (Å²) < 4.78 is 21.9. The number of aliphatic hydroxyl groups excluding tert-OH is 1. The zero-order chi connectivity index (χ0) is 9.90. The third kappa shape index (κ3) is 2.95. The third-order valence-corrected chi connectivity index (χ3v) is 4.73. The second-order valence-corrected chi connectivity index (χ2v) is 6.02. The Morgan fingerprint density at radius 3 is 2.46 bits per heavy atom. The van der Waals surface area contributed by atoms with Crippen LogP contribution in [0.15, 0.2) is 0 Å². The van der Waals surface area contributed by atoms with Crippen LogP contribution in [0.25, 0.3) is 0 Å². The molecule has 0 aromatic rings. The van der Waals surface area contributed by atoms with Crippen molar-refractivity contribution in [2.75, 3.05) is 18.1 Å². The van der Waals surface area contributed by atoms with Crippen molar-refractivity contribution in [2.45, 2.75) is 26.2 Å². The van der Waals surface area contributed by atoms with Crippen molar-refractivity contribution in [3.63, 3.8) is 0 Å². The molecule has 13 heavy (non-hydrogen) atoms. The van der Waals surface area contributed by atoms with Gasteiger partial charge in [0.1, 0.15) is 0 Å². The van der Waals surface area contributed by atoms with Crippen LogP contribution in [0.2, 0.25) is 0 Å². The van der Waals surface area contributed by atoms with Crippen molar-refractivity contribution in [1.82, 2.24) is 0 Å². The molecule has 0 radical (unpaired) electrons. The van der Waals surface area contributed by atoms with Gasteiger partial charge in [-0.25, -0.2) is 8.42 Å². The summed E-state index contributed by atoms with van der Waals surface area (Å²) in [7, 11) is -2.67. The molecular weight excluding hydrogens is 188 g/mol. The second kappa shape index (κ2) is 4.42. The van der Waals surface area contributed by atoms with Gasteiger partial charge in [-0.05, 0) is 24.7 Å². The van der Waals surface area contributed by atoms with E-state index in [4.69, 9.17) is 5.11 Å². The van der Waals surface area contributed by atoms with Gasteiger partial charge in [0.2, 0.25) is 0 Å². The van der Waals surface area contributed by atoms with Crippen molar-refractivity contribution in [3.05, 3.63) is 0 Å². The molecule has 1 rings (SSSR count). The Bertz CT molecular complexity index is 234. The van der Waals surface area contributed by atoms with Gasteiger partial charge in [-0.2, -0.15) is 0 Å². The van der Waals surface area contributed by atoms with E-state index in [1.807, 2.05) is 0 Å². The summed E-state index contributed by atoms with van der Waals surface area (Å²) >= 11 is 0. The zero-order valence-corrected chi connectivity index (χ0v) is 8.89. The monoisotopic (exact) mass is 206 g/mol. The molecule has 4 heteroatoms. The molecule has 1 aliphatic rings. The van der Waals surface area contributed by atoms with E-state index >= 15 is 0 Å². The molecule has 1 fully saturated rings. The van der Waals surface area contributed by atoms with E-state index in [1.54, 1.807) is 0 Å². The summed E-state index contributed by atoms with van der Waals surface area (Å²) in [6, 6.07) is 0. The Hall–Kier alpha value is -0.0900. The first kappa shape index (κ1) is 11.0. The van der Waals surface area contributed by atoms with E-state index in [0.717, 1.165) is 19.3 Å². The summed E-state index contributed by atoms with van der Waals surface area (Å²) in [4.78, 5) is 0. The Morgan fingerprint density at radius 1 is 1.46 bits per heavy atom. The smallest absolute Gasteiger partial charge is 0.150 e. The highest BCUT2D eigenvalue weighted by molar-refractivity contribution is 7.92. The minimum absolute atomic E-state index is 0.218. The van der Waals surface area contributed by atoms with E-state index in [0.29, 0.717) is 23.3 Å². The fourth-order valence-electron chi connectivity index (χ4n) is 2.00. The van der Waals surface area contributed by atoms with E-state index in [1.165, 1.54) is 0 Å². The molecule has 1 aliphatic heterocycles. The largest absolute Gasteiger partial charge is 0.396 e. The van der Waals surface area contributed by atoms with Crippen LogP contribution >= 0.6 is 0 Å². The van der Waals surface area contributed by atoms with Gasteiger partial charge in [0.25, 0.3) is 0 Å². The topological polar surface area (TPSA) is 54.4 Å². The first-order chi connectivity index (χ1) is 6.09. The van der Waals surface area contributed by atoms with Gasteiger partial charge in [-0.1, -0.05) is 13.3 Å². The second-order valence-electron chi connectivity index (χ2n) is 3.87. The van der Waals surface area contributed by atoms with E-state index in [9.17, 15) is 8.42 Å². The number of hydrogen-bond donors (Lipinski definition) is 1. The molecule has 0 saturated carbocycles. The summed E-state index contributed by atoms with van der Waals surface area (Å²) in [5, 5.41) is 8.67. The molecular formula is C9H18O3S. The fourth-order valence-corrected chi connectivity index (χ4v) is 3.75. The summed E-state index contributed by atoms with van der Waals surface area (Å²) in [6.45, 7) is 2.31. The molecule has 78 valence electrons. The van der Waals surface area contributed by atoms with Crippen molar-refractivity contribution >= 4 is 9.84 Å². The van der Waals surface area contributed by atoms with Gasteiger partial charge >= 0.3 is 0 Å². The van der Waals surface area contributed by atoms with Crippen LogP contribution in [0.1, 0.15) is 26.2 Å². The van der Waals surface area contributed by atoms with E-state index in [-0.39, 0.29) is 6.61 Å². The van der Waals surface area contributed by atoms with Gasteiger partial charge in [0.15, 0.2) is 9.84 Å². The minimum Gasteiger partial charge on any atom is -0.396 e. The van der Waals surface area contributed by atoms with E-state index < -0.39 is 9.84 Å². The molecule has 0 aliphatic carbocycles. The first-order valence-electron chi connectivity index (χ1n) is 4.90. The first-order valence-corrected chi connectivity index (χ1v) is 6.72. The maximum Gasteiger partial charge on any atom is 0.150 e. The summed E-state index contributed by atoms with van der Waals surface area (Å²) in [5.41, 5.74) is 0. The number of sulfone groups is 1. The average molecular weight is 206 g/mol. The molecule has 0 spiro atoms. The van der Waals surface area contributed by atoms with Crippen LogP contribution in [0.3, 0.4) is 0 Å². The minimum atomic E-state index is -2.67. The fraction of sp³-hybridized carbons (Fsp3) is 1.00. The SMILES string of the molecule is CCC(CCCO)C1CS(=O)(=O)C1. The lowest BCUT2D eigenvalue weighted by atomic mass is 9.88. The van der Waals surface area contributed by atoms with Crippen LogP contribution in [0, 0.1) is 11.8 Å². The van der Waals surface area contributed by atoms with Crippen molar-refractivity contribution in [2.24, 2.45) is 11.8 Å². The maximum absolute atomic E-state index is 10.9. The molecule has 1 N–H and O–H groups in total. The highest BCUT2D eigenvalue weighted by Crippen LogP contribution is 2.31. The predicted molar refractivity (Wildman–Crippen MR) is 52.2 cm³/mol. The molecule has 1 saturated heterocycles. The van der Waals surface area contributed by atoms with Crippen LogP contribution in [-0.4, -0.2) is 31.6 Å². The highest BCUT2D eigenvalue weighted by atomic mass is 32.2. The standard InChI is InChI=1S/C9H18O3S/c1-2-8(4-3-5-10)9-6-13(11,12)7-9/h8-10H,2-7H2,1H3. The lowest BCUT2D eigenvalue weighted by Gasteiger charge is -2.32. The van der Waals surface area contributed by atoms with Crippen molar-refractivity contribution in [3.8, 4) is 0 Å². The molecule has 0 aromatic carbocycles. The maximum atomic E-state index is 10.9. The van der Waals surface area contributed by atoms with Gasteiger partial charge < -0.3 is 5.11 Å². The molecule has 1 heterocycles. The Labute approximate surface area is 80.1 Å².